The molecule has 0 bridgehead atoms. The minimum atomic E-state index is -0.145. The number of benzene rings is 1. The highest BCUT2D eigenvalue weighted by Gasteiger charge is 2.40. The molecule has 1 N–H and O–H groups in total. The molecule has 1 aliphatic carbocycles. The Labute approximate surface area is 155 Å². The van der Waals surface area contributed by atoms with E-state index in [-0.39, 0.29) is 17.7 Å². The number of nitrogens with zero attached hydrogens (tertiary/aromatic N) is 2. The van der Waals surface area contributed by atoms with Crippen molar-refractivity contribution in [1.82, 2.24) is 9.80 Å². The average molecular weight is 356 g/mol. The lowest BCUT2D eigenvalue weighted by Crippen LogP contribution is -2.42. The zero-order valence-electron chi connectivity index (χ0n) is 15.3. The van der Waals surface area contributed by atoms with Crippen molar-refractivity contribution in [3.63, 3.8) is 0 Å². The minimum Gasteiger partial charge on any atom is -0.508 e. The van der Waals surface area contributed by atoms with Gasteiger partial charge in [-0.3, -0.25) is 9.59 Å². The Morgan fingerprint density at radius 3 is 2.31 bits per heavy atom. The quantitative estimate of drug-likeness (QED) is 0.906. The van der Waals surface area contributed by atoms with Gasteiger partial charge in [0, 0.05) is 32.1 Å². The van der Waals surface area contributed by atoms with Gasteiger partial charge < -0.3 is 14.9 Å². The van der Waals surface area contributed by atoms with E-state index in [0.29, 0.717) is 30.7 Å². The lowest BCUT2D eigenvalue weighted by molar-refractivity contribution is -0.136. The molecular formula is C21H28N2O3. The number of piperidine rings is 1. The first kappa shape index (κ1) is 17.4. The summed E-state index contributed by atoms with van der Waals surface area (Å²) in [6.45, 7) is 2.15. The van der Waals surface area contributed by atoms with E-state index in [2.05, 4.69) is 0 Å². The predicted octanol–water partition coefficient (Wildman–Crippen LogP) is 2.89. The predicted molar refractivity (Wildman–Crippen MR) is 98.7 cm³/mol. The molecular weight excluding hydrogens is 328 g/mol. The Balaban J connectivity index is 1.32. The van der Waals surface area contributed by atoms with E-state index in [1.165, 1.54) is 18.4 Å². The van der Waals surface area contributed by atoms with E-state index in [1.54, 1.807) is 12.1 Å². The maximum atomic E-state index is 12.9. The van der Waals surface area contributed by atoms with Crippen LogP contribution in [0.4, 0.5) is 0 Å². The first-order valence-electron chi connectivity index (χ1n) is 9.99. The Bertz CT molecular complexity index is 658. The monoisotopic (exact) mass is 356 g/mol. The second-order valence-electron chi connectivity index (χ2n) is 8.08. The molecule has 0 radical (unpaired) electrons. The lowest BCUT2D eigenvalue weighted by atomic mass is 9.89. The Hall–Kier alpha value is -2.04. The smallest absolute Gasteiger partial charge is 0.227 e. The third-order valence-corrected chi connectivity index (χ3v) is 6.44. The van der Waals surface area contributed by atoms with Crippen LogP contribution >= 0.6 is 0 Å². The largest absolute Gasteiger partial charge is 0.508 e. The van der Waals surface area contributed by atoms with Crippen LogP contribution in [0.25, 0.3) is 0 Å². The van der Waals surface area contributed by atoms with Crippen molar-refractivity contribution in [1.29, 1.82) is 0 Å². The molecule has 26 heavy (non-hydrogen) atoms. The fraction of sp³-hybridized carbons (Fsp3) is 0.619. The standard InChI is InChI=1S/C21H28N2O3/c24-19-7-5-15(6-8-19)16-9-11-22(12-10-16)21(26)17-13-20(25)23(14-17)18-3-1-2-4-18/h5-8,16-18,24H,1-4,9-14H2/t17-/m1/s1. The number of amides is 2. The van der Waals surface area contributed by atoms with E-state index >= 15 is 0 Å². The highest BCUT2D eigenvalue weighted by atomic mass is 16.3. The lowest BCUT2D eigenvalue weighted by Gasteiger charge is -2.34. The number of carbonyl (C=O) groups is 2. The summed E-state index contributed by atoms with van der Waals surface area (Å²) in [5.74, 6) is 0.935. The number of carbonyl (C=O) groups excluding carboxylic acids is 2. The van der Waals surface area contributed by atoms with Crippen molar-refractivity contribution in [3.8, 4) is 5.75 Å². The molecule has 4 rings (SSSR count). The van der Waals surface area contributed by atoms with Crippen LogP contribution in [-0.4, -0.2) is 52.4 Å². The summed E-state index contributed by atoms with van der Waals surface area (Å²) in [5, 5.41) is 9.43. The fourth-order valence-corrected chi connectivity index (χ4v) is 4.90. The van der Waals surface area contributed by atoms with Gasteiger partial charge in [0.25, 0.3) is 0 Å². The van der Waals surface area contributed by atoms with Crippen LogP contribution in [0.15, 0.2) is 24.3 Å². The second kappa shape index (κ2) is 7.29. The molecule has 1 atom stereocenters. The molecule has 0 spiro atoms. The molecule has 0 aromatic heterocycles. The number of aromatic hydroxyl groups is 1. The van der Waals surface area contributed by atoms with Gasteiger partial charge in [-0.15, -0.1) is 0 Å². The molecule has 3 fully saturated rings. The Morgan fingerprint density at radius 2 is 1.65 bits per heavy atom. The number of phenols is 1. The molecule has 1 saturated carbocycles. The molecule has 140 valence electrons. The molecule has 5 nitrogen and oxygen atoms in total. The topological polar surface area (TPSA) is 60.9 Å². The van der Waals surface area contributed by atoms with Crippen molar-refractivity contribution >= 4 is 11.8 Å². The van der Waals surface area contributed by atoms with Gasteiger partial charge in [-0.05, 0) is 49.3 Å². The van der Waals surface area contributed by atoms with Crippen LogP contribution < -0.4 is 0 Å². The molecule has 1 aromatic carbocycles. The molecule has 3 aliphatic rings. The average Bonchev–Trinajstić information content (AvgIpc) is 3.31. The first-order chi connectivity index (χ1) is 12.6. The molecule has 0 unspecified atom stereocenters. The van der Waals surface area contributed by atoms with E-state index in [4.69, 9.17) is 0 Å². The normalized spacial score (nSPS) is 25.2. The summed E-state index contributed by atoms with van der Waals surface area (Å²) in [7, 11) is 0. The third-order valence-electron chi connectivity index (χ3n) is 6.44. The van der Waals surface area contributed by atoms with Gasteiger partial charge in [-0.2, -0.15) is 0 Å². The highest BCUT2D eigenvalue weighted by molar-refractivity contribution is 5.89. The molecule has 5 heteroatoms. The molecule has 2 amide bonds. The van der Waals surface area contributed by atoms with Gasteiger partial charge in [0.05, 0.1) is 5.92 Å². The third kappa shape index (κ3) is 3.44. The van der Waals surface area contributed by atoms with Gasteiger partial charge in [0.1, 0.15) is 5.75 Å². The summed E-state index contributed by atoms with van der Waals surface area (Å²) in [6, 6.07) is 7.79. The number of hydrogen-bond acceptors (Lipinski definition) is 3. The summed E-state index contributed by atoms with van der Waals surface area (Å²) in [6.07, 6.45) is 6.91. The van der Waals surface area contributed by atoms with Gasteiger partial charge >= 0.3 is 0 Å². The van der Waals surface area contributed by atoms with Crippen molar-refractivity contribution < 1.29 is 14.7 Å². The van der Waals surface area contributed by atoms with Crippen molar-refractivity contribution in [2.75, 3.05) is 19.6 Å². The van der Waals surface area contributed by atoms with E-state index in [1.807, 2.05) is 21.9 Å². The molecule has 2 aliphatic heterocycles. The minimum absolute atomic E-state index is 0.145. The van der Waals surface area contributed by atoms with E-state index < -0.39 is 0 Å². The molecule has 1 aromatic rings. The maximum Gasteiger partial charge on any atom is 0.227 e. The summed E-state index contributed by atoms with van der Waals surface area (Å²) < 4.78 is 0. The number of hydrogen-bond donors (Lipinski definition) is 1. The van der Waals surface area contributed by atoms with Crippen LogP contribution in [0.2, 0.25) is 0 Å². The SMILES string of the molecule is O=C([C@@H]1CC(=O)N(C2CCCC2)C1)N1CCC(c2ccc(O)cc2)CC1. The summed E-state index contributed by atoms with van der Waals surface area (Å²) >= 11 is 0. The van der Waals surface area contributed by atoms with Gasteiger partial charge in [-0.1, -0.05) is 25.0 Å². The van der Waals surface area contributed by atoms with Gasteiger partial charge in [0.15, 0.2) is 0 Å². The van der Waals surface area contributed by atoms with Crippen LogP contribution in [0.3, 0.4) is 0 Å². The number of likely N-dealkylation sites (tertiary alicyclic amines) is 2. The van der Waals surface area contributed by atoms with Crippen LogP contribution in [0, 0.1) is 5.92 Å². The second-order valence-corrected chi connectivity index (χ2v) is 8.08. The van der Waals surface area contributed by atoms with Crippen molar-refractivity contribution in [3.05, 3.63) is 29.8 Å². The zero-order valence-corrected chi connectivity index (χ0v) is 15.3. The van der Waals surface area contributed by atoms with E-state index in [0.717, 1.165) is 38.8 Å². The maximum absolute atomic E-state index is 12.9. The number of phenolic OH excluding ortho intramolecular Hbond substituents is 1. The van der Waals surface area contributed by atoms with Crippen molar-refractivity contribution in [2.45, 2.75) is 56.9 Å². The van der Waals surface area contributed by atoms with Gasteiger partial charge in [0.2, 0.25) is 11.8 Å². The summed E-state index contributed by atoms with van der Waals surface area (Å²) in [5.41, 5.74) is 1.23. The fourth-order valence-electron chi connectivity index (χ4n) is 4.90. The molecule has 2 heterocycles. The highest BCUT2D eigenvalue weighted by Crippen LogP contribution is 2.33. The van der Waals surface area contributed by atoms with Crippen LogP contribution in [0.5, 0.6) is 5.75 Å². The first-order valence-corrected chi connectivity index (χ1v) is 9.99. The van der Waals surface area contributed by atoms with E-state index in [9.17, 15) is 14.7 Å². The van der Waals surface area contributed by atoms with Crippen molar-refractivity contribution in [2.24, 2.45) is 5.92 Å². The molecule has 2 saturated heterocycles. The van der Waals surface area contributed by atoms with Crippen LogP contribution in [0.1, 0.15) is 56.4 Å². The Morgan fingerprint density at radius 1 is 1.00 bits per heavy atom. The summed E-state index contributed by atoms with van der Waals surface area (Å²) in [4.78, 5) is 29.2. The van der Waals surface area contributed by atoms with Gasteiger partial charge in [-0.25, -0.2) is 0 Å². The number of rotatable bonds is 3. The zero-order chi connectivity index (χ0) is 18.1. The Kier molecular flexibility index (Phi) is 4.88. The van der Waals surface area contributed by atoms with Crippen LogP contribution in [-0.2, 0) is 9.59 Å².